The molecule has 0 saturated heterocycles. The Morgan fingerprint density at radius 3 is 2.78 bits per heavy atom. The van der Waals surface area contributed by atoms with Gasteiger partial charge in [-0.25, -0.2) is 4.98 Å². The van der Waals surface area contributed by atoms with E-state index in [9.17, 15) is 14.2 Å². The molecule has 0 amide bonds. The number of hydrogen-bond donors (Lipinski definition) is 4. The zero-order valence-electron chi connectivity index (χ0n) is 11.7. The third-order valence-corrected chi connectivity index (χ3v) is 5.35. The van der Waals surface area contributed by atoms with Crippen molar-refractivity contribution >= 4 is 16.7 Å². The number of rotatable bonds is 1. The topological polar surface area (TPSA) is 113 Å². The van der Waals surface area contributed by atoms with Crippen molar-refractivity contribution in [1.29, 1.82) is 5.26 Å². The normalized spacial score (nSPS) is 16.2. The first-order valence-corrected chi connectivity index (χ1v) is 8.33. The second-order valence-corrected chi connectivity index (χ2v) is 7.05. The zero-order chi connectivity index (χ0) is 16.2. The SMILES string of the molecule is N#Cc1cc(-c2c3c(O)ccc-3[nH]c3c2S(O)(O)C=C3)ccn1. The molecule has 0 bridgehead atoms. The number of nitrogens with zero attached hydrogens (tertiary/aromatic N) is 2. The summed E-state index contributed by atoms with van der Waals surface area (Å²) >= 11 is 0. The second kappa shape index (κ2) is 4.60. The van der Waals surface area contributed by atoms with Crippen LogP contribution in [-0.2, 0) is 0 Å². The summed E-state index contributed by atoms with van der Waals surface area (Å²) in [6.07, 6.45) is 3.10. The average molecular weight is 325 g/mol. The summed E-state index contributed by atoms with van der Waals surface area (Å²) in [5.41, 5.74) is 3.05. The maximum atomic E-state index is 10.4. The number of pyridine rings is 2. The van der Waals surface area contributed by atoms with Crippen molar-refractivity contribution in [2.75, 3.05) is 0 Å². The van der Waals surface area contributed by atoms with Crippen LogP contribution >= 0.6 is 10.6 Å². The van der Waals surface area contributed by atoms with E-state index in [1.165, 1.54) is 11.6 Å². The predicted octanol–water partition coefficient (Wildman–Crippen LogP) is 3.85. The van der Waals surface area contributed by atoms with E-state index in [0.717, 1.165) is 0 Å². The van der Waals surface area contributed by atoms with Crippen LogP contribution < -0.4 is 0 Å². The van der Waals surface area contributed by atoms with E-state index in [4.69, 9.17) is 5.26 Å². The summed E-state index contributed by atoms with van der Waals surface area (Å²) in [4.78, 5) is 7.35. The van der Waals surface area contributed by atoms with Crippen LogP contribution in [0, 0.1) is 11.3 Å². The highest BCUT2D eigenvalue weighted by Crippen LogP contribution is 2.61. The molecule has 6 nitrogen and oxygen atoms in total. The van der Waals surface area contributed by atoms with Crippen LogP contribution in [0.3, 0.4) is 0 Å². The molecule has 2 aliphatic heterocycles. The molecule has 1 aromatic rings. The van der Waals surface area contributed by atoms with E-state index in [1.807, 2.05) is 6.07 Å². The van der Waals surface area contributed by atoms with Gasteiger partial charge in [0.25, 0.3) is 0 Å². The number of aromatic amines is 1. The Kier molecular flexibility index (Phi) is 2.77. The Balaban J connectivity index is 2.14. The summed E-state index contributed by atoms with van der Waals surface area (Å²) in [5, 5.41) is 20.6. The molecule has 0 spiro atoms. The largest absolute Gasteiger partial charge is 0.507 e. The Bertz CT molecular complexity index is 985. The molecule has 0 aromatic carbocycles. The fraction of sp³-hybridized carbons (Fsp3) is 0. The average Bonchev–Trinajstić information content (AvgIpc) is 3.06. The van der Waals surface area contributed by atoms with Gasteiger partial charge in [0.2, 0.25) is 0 Å². The molecule has 1 aliphatic carbocycles. The highest BCUT2D eigenvalue weighted by molar-refractivity contribution is 8.27. The summed E-state index contributed by atoms with van der Waals surface area (Å²) in [5.74, 6) is 0.0338. The lowest BCUT2D eigenvalue weighted by atomic mass is 9.98. The highest BCUT2D eigenvalue weighted by atomic mass is 32.3. The minimum atomic E-state index is -3.12. The molecule has 0 fully saturated rings. The molecule has 4 N–H and O–H groups in total. The van der Waals surface area contributed by atoms with Crippen LogP contribution in [0.5, 0.6) is 5.75 Å². The van der Waals surface area contributed by atoms with Crippen LogP contribution in [0.15, 0.2) is 40.8 Å². The van der Waals surface area contributed by atoms with E-state index < -0.39 is 10.6 Å². The smallest absolute Gasteiger partial charge is 0.141 e. The Morgan fingerprint density at radius 2 is 2.00 bits per heavy atom. The summed E-state index contributed by atoms with van der Waals surface area (Å²) in [6.45, 7) is 0. The maximum absolute atomic E-state index is 10.4. The number of hydrogen-bond acceptors (Lipinski definition) is 5. The summed E-state index contributed by atoms with van der Waals surface area (Å²) < 4.78 is 20.7. The first-order chi connectivity index (χ1) is 11.0. The third-order valence-electron chi connectivity index (χ3n) is 3.81. The van der Waals surface area contributed by atoms with Gasteiger partial charge < -0.3 is 10.1 Å². The molecule has 0 saturated carbocycles. The van der Waals surface area contributed by atoms with Gasteiger partial charge in [-0.1, -0.05) is 0 Å². The van der Waals surface area contributed by atoms with E-state index >= 15 is 0 Å². The Morgan fingerprint density at radius 1 is 1.17 bits per heavy atom. The number of aromatic hydroxyl groups is 1. The van der Waals surface area contributed by atoms with Crippen molar-refractivity contribution in [3.8, 4) is 34.2 Å². The molecule has 1 aromatic heterocycles. The van der Waals surface area contributed by atoms with E-state index in [-0.39, 0.29) is 11.4 Å². The number of nitrogens with one attached hydrogen (secondary N) is 1. The van der Waals surface area contributed by atoms with Crippen molar-refractivity contribution < 1.29 is 14.2 Å². The second-order valence-electron chi connectivity index (χ2n) is 5.19. The third kappa shape index (κ3) is 1.94. The van der Waals surface area contributed by atoms with Gasteiger partial charge in [0.05, 0.1) is 16.3 Å². The fourth-order valence-electron chi connectivity index (χ4n) is 2.87. The van der Waals surface area contributed by atoms with Gasteiger partial charge >= 0.3 is 0 Å². The van der Waals surface area contributed by atoms with Gasteiger partial charge in [0, 0.05) is 22.7 Å². The van der Waals surface area contributed by atoms with Crippen molar-refractivity contribution in [2.45, 2.75) is 4.90 Å². The molecular formula is C16H11N3O3S. The van der Waals surface area contributed by atoms with Gasteiger partial charge in [0.15, 0.2) is 0 Å². The van der Waals surface area contributed by atoms with E-state index in [0.29, 0.717) is 33.0 Å². The molecule has 4 rings (SSSR count). The number of H-pyrrole nitrogens is 1. The standard InChI is InChI=1S/C16H11N3O3S/c17-8-10-7-9(3-5-18-10)14-15-11(1-2-13(15)20)19-12-4-6-23(21,22)16(12)14/h1-7,19-22H. The molecule has 0 radical (unpaired) electrons. The lowest BCUT2D eigenvalue weighted by Crippen LogP contribution is -2.01. The van der Waals surface area contributed by atoms with Gasteiger partial charge in [-0.3, -0.25) is 9.11 Å². The molecule has 0 unspecified atom stereocenters. The van der Waals surface area contributed by atoms with Crippen molar-refractivity contribution in [2.24, 2.45) is 0 Å². The number of fused-ring (bicyclic) bond motifs is 2. The number of aromatic nitrogens is 2. The quantitative estimate of drug-likeness (QED) is 0.542. The first-order valence-electron chi connectivity index (χ1n) is 6.72. The lowest BCUT2D eigenvalue weighted by Gasteiger charge is -2.29. The van der Waals surface area contributed by atoms with E-state index in [1.54, 1.807) is 30.3 Å². The molecule has 23 heavy (non-hydrogen) atoms. The molecule has 0 atom stereocenters. The predicted molar refractivity (Wildman–Crippen MR) is 87.2 cm³/mol. The van der Waals surface area contributed by atoms with Gasteiger partial charge in [-0.15, -0.1) is 10.6 Å². The summed E-state index contributed by atoms with van der Waals surface area (Å²) in [7, 11) is -3.12. The molecule has 114 valence electrons. The Labute approximate surface area is 133 Å². The molecule has 7 heteroatoms. The minimum Gasteiger partial charge on any atom is -0.507 e. The van der Waals surface area contributed by atoms with E-state index in [2.05, 4.69) is 9.97 Å². The first kappa shape index (κ1) is 13.8. The molecular weight excluding hydrogens is 314 g/mol. The van der Waals surface area contributed by atoms with Crippen LogP contribution in [0.2, 0.25) is 0 Å². The van der Waals surface area contributed by atoms with Gasteiger partial charge in [-0.2, -0.15) is 5.26 Å². The van der Waals surface area contributed by atoms with Gasteiger partial charge in [-0.05, 0) is 35.9 Å². The molecule has 3 aliphatic rings. The van der Waals surface area contributed by atoms with Crippen LogP contribution in [-0.4, -0.2) is 24.2 Å². The monoisotopic (exact) mass is 325 g/mol. The Hall–Kier alpha value is -2.79. The highest BCUT2D eigenvalue weighted by Gasteiger charge is 2.32. The fourth-order valence-corrected chi connectivity index (χ4v) is 4.29. The lowest BCUT2D eigenvalue weighted by molar-refractivity contribution is 0.479. The van der Waals surface area contributed by atoms with Gasteiger partial charge in [0.1, 0.15) is 17.5 Å². The molecule has 3 heterocycles. The van der Waals surface area contributed by atoms with Crippen LogP contribution in [0.25, 0.3) is 28.5 Å². The minimum absolute atomic E-state index is 0.0338. The summed E-state index contributed by atoms with van der Waals surface area (Å²) in [6, 6.07) is 8.47. The van der Waals surface area contributed by atoms with Crippen LogP contribution in [0.1, 0.15) is 11.4 Å². The maximum Gasteiger partial charge on any atom is 0.141 e. The number of nitriles is 1. The van der Waals surface area contributed by atoms with Crippen molar-refractivity contribution in [3.05, 3.63) is 47.3 Å². The van der Waals surface area contributed by atoms with Crippen molar-refractivity contribution in [3.63, 3.8) is 0 Å². The van der Waals surface area contributed by atoms with Crippen molar-refractivity contribution in [1.82, 2.24) is 9.97 Å². The van der Waals surface area contributed by atoms with Crippen LogP contribution in [0.4, 0.5) is 0 Å². The zero-order valence-corrected chi connectivity index (χ0v) is 12.5.